The summed E-state index contributed by atoms with van der Waals surface area (Å²) >= 11 is 0. The number of carbonyl (C=O) groups is 1. The molecular formula is C17H21N5O. The molecule has 0 saturated heterocycles. The van der Waals surface area contributed by atoms with Crippen molar-refractivity contribution >= 4 is 16.9 Å². The lowest BCUT2D eigenvalue weighted by atomic mass is 10.0. The molecule has 120 valence electrons. The number of rotatable bonds is 3. The van der Waals surface area contributed by atoms with E-state index < -0.39 is 5.54 Å². The molecule has 1 amide bonds. The predicted molar refractivity (Wildman–Crippen MR) is 89.3 cm³/mol. The summed E-state index contributed by atoms with van der Waals surface area (Å²) in [6, 6.07) is 7.93. The Morgan fingerprint density at radius 1 is 1.26 bits per heavy atom. The van der Waals surface area contributed by atoms with Crippen LogP contribution in [-0.2, 0) is 12.6 Å². The molecule has 0 unspecified atom stereocenters. The predicted octanol–water partition coefficient (Wildman–Crippen LogP) is 2.58. The fourth-order valence-corrected chi connectivity index (χ4v) is 2.81. The van der Waals surface area contributed by atoms with Crippen LogP contribution < -0.4 is 5.32 Å². The third-order valence-electron chi connectivity index (χ3n) is 4.24. The maximum absolute atomic E-state index is 12.6. The molecule has 6 nitrogen and oxygen atoms in total. The van der Waals surface area contributed by atoms with E-state index in [-0.39, 0.29) is 5.91 Å². The van der Waals surface area contributed by atoms with Gasteiger partial charge in [-0.15, -0.1) is 0 Å². The molecule has 0 aliphatic rings. The van der Waals surface area contributed by atoms with E-state index >= 15 is 0 Å². The van der Waals surface area contributed by atoms with Crippen LogP contribution in [0.15, 0.2) is 24.3 Å². The Hall–Kier alpha value is -2.63. The van der Waals surface area contributed by atoms with Gasteiger partial charge in [0.25, 0.3) is 5.91 Å². The van der Waals surface area contributed by atoms with Crippen molar-refractivity contribution < 1.29 is 4.79 Å². The molecule has 0 aliphatic heterocycles. The second-order valence-corrected chi connectivity index (χ2v) is 6.38. The lowest BCUT2D eigenvalue weighted by Gasteiger charge is -2.25. The first-order chi connectivity index (χ1) is 10.8. The third-order valence-corrected chi connectivity index (χ3v) is 4.24. The highest BCUT2D eigenvalue weighted by Crippen LogP contribution is 2.24. The molecule has 0 saturated carbocycles. The van der Waals surface area contributed by atoms with Gasteiger partial charge in [0, 0.05) is 18.3 Å². The zero-order chi connectivity index (χ0) is 16.8. The molecule has 3 rings (SSSR count). The Balaban J connectivity index is 1.95. The fraction of sp³-hybridized carbons (Fsp3) is 0.353. The minimum Gasteiger partial charge on any atom is -0.339 e. The molecule has 2 N–H and O–H groups in total. The molecule has 0 bridgehead atoms. The number of H-pyrrole nitrogens is 1. The van der Waals surface area contributed by atoms with Gasteiger partial charge in [0.15, 0.2) is 5.69 Å². The van der Waals surface area contributed by atoms with E-state index in [1.54, 1.807) is 0 Å². The van der Waals surface area contributed by atoms with Gasteiger partial charge < -0.3 is 9.88 Å². The van der Waals surface area contributed by atoms with Crippen LogP contribution in [0.2, 0.25) is 0 Å². The highest BCUT2D eigenvalue weighted by molar-refractivity contribution is 5.94. The van der Waals surface area contributed by atoms with E-state index in [1.807, 2.05) is 63.6 Å². The molecule has 3 aromatic rings. The van der Waals surface area contributed by atoms with Crippen LogP contribution >= 0.6 is 0 Å². The summed E-state index contributed by atoms with van der Waals surface area (Å²) in [5.74, 6) is 0.598. The monoisotopic (exact) mass is 311 g/mol. The van der Waals surface area contributed by atoms with Crippen LogP contribution in [0.3, 0.4) is 0 Å². The van der Waals surface area contributed by atoms with Crippen molar-refractivity contribution in [2.24, 2.45) is 7.05 Å². The molecule has 0 aliphatic carbocycles. The van der Waals surface area contributed by atoms with Gasteiger partial charge in [-0.2, -0.15) is 5.10 Å². The van der Waals surface area contributed by atoms with E-state index in [4.69, 9.17) is 0 Å². The van der Waals surface area contributed by atoms with Gasteiger partial charge in [-0.25, -0.2) is 4.98 Å². The molecule has 1 aromatic carbocycles. The first kappa shape index (κ1) is 15.3. The summed E-state index contributed by atoms with van der Waals surface area (Å²) in [7, 11) is 1.96. The Morgan fingerprint density at radius 2 is 1.96 bits per heavy atom. The van der Waals surface area contributed by atoms with Crippen molar-refractivity contribution in [2.45, 2.75) is 33.2 Å². The van der Waals surface area contributed by atoms with Gasteiger partial charge in [-0.3, -0.25) is 9.89 Å². The molecule has 2 aromatic heterocycles. The van der Waals surface area contributed by atoms with E-state index in [0.29, 0.717) is 5.69 Å². The SMILES string of the molecule is Cc1[nH]nc(C(=O)NC(C)(C)c2nc3ccccc3n2C)c1C. The van der Waals surface area contributed by atoms with E-state index in [9.17, 15) is 4.79 Å². The van der Waals surface area contributed by atoms with Crippen molar-refractivity contribution in [2.75, 3.05) is 0 Å². The quantitative estimate of drug-likeness (QED) is 0.780. The number of aromatic amines is 1. The van der Waals surface area contributed by atoms with E-state index in [0.717, 1.165) is 28.1 Å². The number of benzene rings is 1. The van der Waals surface area contributed by atoms with Crippen molar-refractivity contribution in [3.63, 3.8) is 0 Å². The highest BCUT2D eigenvalue weighted by atomic mass is 16.2. The van der Waals surface area contributed by atoms with Gasteiger partial charge in [0.05, 0.1) is 16.6 Å². The number of amides is 1. The van der Waals surface area contributed by atoms with Gasteiger partial charge >= 0.3 is 0 Å². The molecule has 0 spiro atoms. The smallest absolute Gasteiger partial charge is 0.272 e. The standard InChI is InChI=1S/C17H21N5O/c1-10-11(2)20-21-14(10)15(23)19-17(3,4)16-18-12-8-6-7-9-13(12)22(16)5/h6-9H,1-5H3,(H,19,23)(H,20,21). The number of nitrogens with zero attached hydrogens (tertiary/aromatic N) is 3. The maximum Gasteiger partial charge on any atom is 0.272 e. The zero-order valence-corrected chi connectivity index (χ0v) is 14.1. The maximum atomic E-state index is 12.6. The van der Waals surface area contributed by atoms with Gasteiger partial charge in [0.1, 0.15) is 5.82 Å². The van der Waals surface area contributed by atoms with Crippen molar-refractivity contribution in [3.8, 4) is 0 Å². The number of fused-ring (bicyclic) bond motifs is 1. The second kappa shape index (κ2) is 5.22. The van der Waals surface area contributed by atoms with Gasteiger partial charge in [-0.05, 0) is 39.8 Å². The summed E-state index contributed by atoms with van der Waals surface area (Å²) in [6.45, 7) is 7.67. The van der Waals surface area contributed by atoms with Crippen LogP contribution in [0.25, 0.3) is 11.0 Å². The number of carbonyl (C=O) groups excluding carboxylic acids is 1. The largest absolute Gasteiger partial charge is 0.339 e. The van der Waals surface area contributed by atoms with Crippen LogP contribution in [0.4, 0.5) is 0 Å². The normalized spacial score (nSPS) is 11.9. The van der Waals surface area contributed by atoms with Crippen molar-refractivity contribution in [1.82, 2.24) is 25.1 Å². The number of imidazole rings is 1. The lowest BCUT2D eigenvalue weighted by molar-refractivity contribution is 0.0901. The Kier molecular flexibility index (Phi) is 3.47. The first-order valence-electron chi connectivity index (χ1n) is 7.57. The molecule has 0 fully saturated rings. The molecular weight excluding hydrogens is 290 g/mol. The summed E-state index contributed by atoms with van der Waals surface area (Å²) < 4.78 is 2.01. The summed E-state index contributed by atoms with van der Waals surface area (Å²) in [5, 5.41) is 9.98. The summed E-state index contributed by atoms with van der Waals surface area (Å²) in [4.78, 5) is 17.2. The molecule has 0 radical (unpaired) electrons. The first-order valence-corrected chi connectivity index (χ1v) is 7.57. The Bertz CT molecular complexity index is 888. The van der Waals surface area contributed by atoms with E-state index in [2.05, 4.69) is 20.5 Å². The van der Waals surface area contributed by atoms with E-state index in [1.165, 1.54) is 0 Å². The van der Waals surface area contributed by atoms with Crippen LogP contribution in [-0.4, -0.2) is 25.7 Å². The van der Waals surface area contributed by atoms with Crippen LogP contribution in [0.5, 0.6) is 0 Å². The van der Waals surface area contributed by atoms with Gasteiger partial charge in [-0.1, -0.05) is 12.1 Å². The highest BCUT2D eigenvalue weighted by Gasteiger charge is 2.30. The number of aromatic nitrogens is 4. The van der Waals surface area contributed by atoms with Crippen LogP contribution in [0.1, 0.15) is 41.4 Å². The minimum absolute atomic E-state index is 0.205. The Morgan fingerprint density at radius 3 is 2.57 bits per heavy atom. The number of aryl methyl sites for hydroxylation is 2. The number of hydrogen-bond donors (Lipinski definition) is 2. The molecule has 0 atom stereocenters. The van der Waals surface area contributed by atoms with Crippen molar-refractivity contribution in [3.05, 3.63) is 47.0 Å². The summed E-state index contributed by atoms with van der Waals surface area (Å²) in [6.07, 6.45) is 0. The van der Waals surface area contributed by atoms with Gasteiger partial charge in [0.2, 0.25) is 0 Å². The number of nitrogens with one attached hydrogen (secondary N) is 2. The average Bonchev–Trinajstić information content (AvgIpc) is 3.01. The lowest BCUT2D eigenvalue weighted by Crippen LogP contribution is -2.43. The average molecular weight is 311 g/mol. The number of hydrogen-bond acceptors (Lipinski definition) is 3. The minimum atomic E-state index is -0.621. The summed E-state index contributed by atoms with van der Waals surface area (Å²) in [5.41, 5.74) is 3.52. The molecule has 2 heterocycles. The number of para-hydroxylation sites is 2. The fourth-order valence-electron chi connectivity index (χ4n) is 2.81. The zero-order valence-electron chi connectivity index (χ0n) is 14.1. The van der Waals surface area contributed by atoms with Crippen molar-refractivity contribution in [1.29, 1.82) is 0 Å². The second-order valence-electron chi connectivity index (χ2n) is 6.38. The topological polar surface area (TPSA) is 75.6 Å². The van der Waals surface area contributed by atoms with Crippen LogP contribution in [0, 0.1) is 13.8 Å². The third kappa shape index (κ3) is 2.50. The Labute approximate surface area is 134 Å². The molecule has 6 heteroatoms. The molecule has 23 heavy (non-hydrogen) atoms.